The molecule has 0 N–H and O–H groups in total. The van der Waals surface area contributed by atoms with Crippen molar-refractivity contribution in [2.24, 2.45) is 5.11 Å². The summed E-state index contributed by atoms with van der Waals surface area (Å²) < 4.78 is 0. The minimum absolute atomic E-state index is 0.246. The second-order valence-corrected chi connectivity index (χ2v) is 3.90. The minimum Gasteiger partial charge on any atom is -0.301 e. The van der Waals surface area contributed by atoms with Gasteiger partial charge in [-0.25, -0.2) is 0 Å². The third-order valence-electron chi connectivity index (χ3n) is 2.71. The Morgan fingerprint density at radius 3 is 2.54 bits per heavy atom. The summed E-state index contributed by atoms with van der Waals surface area (Å²) in [7, 11) is 2.11. The lowest BCUT2D eigenvalue weighted by atomic mass is 10.00. The normalized spacial score (nSPS) is 11.5. The van der Waals surface area contributed by atoms with Gasteiger partial charge in [0, 0.05) is 17.0 Å². The largest absolute Gasteiger partial charge is 0.301 e. The van der Waals surface area contributed by atoms with Crippen molar-refractivity contribution < 1.29 is 0 Å². The van der Waals surface area contributed by atoms with Crippen LogP contribution in [0.25, 0.3) is 10.4 Å². The quantitative estimate of drug-likeness (QED) is 0.271. The van der Waals surface area contributed by atoms with Gasteiger partial charge in [-0.3, -0.25) is 0 Å². The molecule has 0 heterocycles. The molecule has 4 nitrogen and oxygen atoms in total. The Kier molecular flexibility index (Phi) is 5.51. The molecule has 0 atom stereocenters. The molecular weight excluding hydrogens is 164 g/mol. The van der Waals surface area contributed by atoms with Crippen molar-refractivity contribution in [3.63, 3.8) is 0 Å². The Hall–Kier alpha value is -0.730. The molecule has 0 amide bonds. The molecule has 0 rings (SSSR count). The van der Waals surface area contributed by atoms with Gasteiger partial charge in [-0.2, -0.15) is 0 Å². The van der Waals surface area contributed by atoms with Gasteiger partial charge in [-0.05, 0) is 45.8 Å². The Morgan fingerprint density at radius 1 is 1.46 bits per heavy atom. The molecular formula is C9H20N4. The van der Waals surface area contributed by atoms with Crippen LogP contribution in [-0.2, 0) is 0 Å². The molecule has 0 aromatic rings. The average Bonchev–Trinajstić information content (AvgIpc) is 2.12. The molecule has 0 saturated carbocycles. The van der Waals surface area contributed by atoms with Gasteiger partial charge in [0.15, 0.2) is 0 Å². The summed E-state index contributed by atoms with van der Waals surface area (Å²) >= 11 is 0. The molecule has 0 aromatic carbocycles. The fourth-order valence-corrected chi connectivity index (χ4v) is 0.996. The van der Waals surface area contributed by atoms with Crippen LogP contribution in [0.2, 0.25) is 0 Å². The molecule has 0 aliphatic rings. The van der Waals surface area contributed by atoms with Crippen molar-refractivity contribution in [2.45, 2.75) is 39.2 Å². The van der Waals surface area contributed by atoms with E-state index in [0.29, 0.717) is 6.54 Å². The van der Waals surface area contributed by atoms with Crippen LogP contribution in [-0.4, -0.2) is 30.6 Å². The summed E-state index contributed by atoms with van der Waals surface area (Å²) in [5, 5.41) is 3.51. The van der Waals surface area contributed by atoms with E-state index in [-0.39, 0.29) is 5.54 Å². The maximum atomic E-state index is 8.08. The van der Waals surface area contributed by atoms with E-state index < -0.39 is 0 Å². The average molecular weight is 184 g/mol. The predicted molar refractivity (Wildman–Crippen MR) is 55.6 cm³/mol. The van der Waals surface area contributed by atoms with Crippen LogP contribution in [0, 0.1) is 0 Å². The van der Waals surface area contributed by atoms with E-state index in [1.54, 1.807) is 0 Å². The lowest BCUT2D eigenvalue weighted by Crippen LogP contribution is -2.41. The topological polar surface area (TPSA) is 52.0 Å². The van der Waals surface area contributed by atoms with Crippen LogP contribution < -0.4 is 0 Å². The van der Waals surface area contributed by atoms with Crippen molar-refractivity contribution in [1.29, 1.82) is 0 Å². The summed E-state index contributed by atoms with van der Waals surface area (Å²) in [5.74, 6) is 0. The molecule has 0 bridgehead atoms. The Balaban J connectivity index is 3.73. The molecule has 0 aliphatic heterocycles. The van der Waals surface area contributed by atoms with Crippen LogP contribution in [0.5, 0.6) is 0 Å². The maximum absolute atomic E-state index is 8.08. The first-order valence-corrected chi connectivity index (χ1v) is 4.76. The maximum Gasteiger partial charge on any atom is 0.0270 e. The van der Waals surface area contributed by atoms with E-state index in [0.717, 1.165) is 19.4 Å². The van der Waals surface area contributed by atoms with Gasteiger partial charge >= 0.3 is 0 Å². The van der Waals surface area contributed by atoms with Gasteiger partial charge in [-0.1, -0.05) is 12.0 Å². The van der Waals surface area contributed by atoms with Crippen molar-refractivity contribution in [3.8, 4) is 0 Å². The molecule has 0 fully saturated rings. The highest BCUT2D eigenvalue weighted by atomic mass is 15.2. The van der Waals surface area contributed by atoms with Crippen LogP contribution >= 0.6 is 0 Å². The van der Waals surface area contributed by atoms with E-state index in [1.165, 1.54) is 0 Å². The molecule has 0 spiro atoms. The third-order valence-corrected chi connectivity index (χ3v) is 2.71. The Morgan fingerprint density at radius 2 is 2.08 bits per heavy atom. The van der Waals surface area contributed by atoms with E-state index >= 15 is 0 Å². The SMILES string of the molecule is CCC(C)(C)N(C)CCCN=[N+]=[N-]. The molecule has 0 radical (unpaired) electrons. The lowest BCUT2D eigenvalue weighted by Gasteiger charge is -2.34. The van der Waals surface area contributed by atoms with Gasteiger partial charge in [0.05, 0.1) is 0 Å². The minimum atomic E-state index is 0.246. The first-order valence-electron chi connectivity index (χ1n) is 4.76. The number of hydrogen-bond acceptors (Lipinski definition) is 2. The van der Waals surface area contributed by atoms with Gasteiger partial charge in [0.1, 0.15) is 0 Å². The van der Waals surface area contributed by atoms with Crippen LogP contribution in [0.1, 0.15) is 33.6 Å². The van der Waals surface area contributed by atoms with E-state index in [1.807, 2.05) is 0 Å². The molecule has 13 heavy (non-hydrogen) atoms. The predicted octanol–water partition coefficient (Wildman–Crippen LogP) is 2.81. The zero-order valence-electron chi connectivity index (χ0n) is 9.12. The number of hydrogen-bond donors (Lipinski definition) is 0. The first-order chi connectivity index (χ1) is 6.04. The molecule has 0 aromatic heterocycles. The summed E-state index contributed by atoms with van der Waals surface area (Å²) in [6.07, 6.45) is 2.06. The monoisotopic (exact) mass is 184 g/mol. The fraction of sp³-hybridized carbons (Fsp3) is 1.00. The smallest absolute Gasteiger partial charge is 0.0270 e. The van der Waals surface area contributed by atoms with Crippen LogP contribution in [0.15, 0.2) is 5.11 Å². The highest BCUT2D eigenvalue weighted by Crippen LogP contribution is 2.16. The first kappa shape index (κ1) is 12.3. The van der Waals surface area contributed by atoms with Crippen molar-refractivity contribution in [3.05, 3.63) is 10.4 Å². The number of rotatable bonds is 6. The molecule has 4 heteroatoms. The second kappa shape index (κ2) is 5.84. The summed E-state index contributed by atoms with van der Waals surface area (Å²) in [5.41, 5.74) is 8.33. The highest BCUT2D eigenvalue weighted by Gasteiger charge is 2.19. The lowest BCUT2D eigenvalue weighted by molar-refractivity contribution is 0.150. The van der Waals surface area contributed by atoms with Crippen LogP contribution in [0.4, 0.5) is 0 Å². The number of azide groups is 1. The zero-order chi connectivity index (χ0) is 10.3. The fourth-order valence-electron chi connectivity index (χ4n) is 0.996. The van der Waals surface area contributed by atoms with E-state index in [4.69, 9.17) is 5.53 Å². The Bertz CT molecular complexity index is 182. The molecule has 0 aliphatic carbocycles. The summed E-state index contributed by atoms with van der Waals surface area (Å²) in [4.78, 5) is 5.03. The van der Waals surface area contributed by atoms with E-state index in [9.17, 15) is 0 Å². The van der Waals surface area contributed by atoms with Crippen molar-refractivity contribution >= 4 is 0 Å². The van der Waals surface area contributed by atoms with Gasteiger partial charge in [0.25, 0.3) is 0 Å². The Labute approximate surface area is 80.6 Å². The molecule has 0 unspecified atom stereocenters. The second-order valence-electron chi connectivity index (χ2n) is 3.90. The third kappa shape index (κ3) is 4.76. The van der Waals surface area contributed by atoms with Crippen LogP contribution in [0.3, 0.4) is 0 Å². The number of nitrogens with zero attached hydrogens (tertiary/aromatic N) is 4. The summed E-state index contributed by atoms with van der Waals surface area (Å²) in [6.45, 7) is 8.21. The van der Waals surface area contributed by atoms with Gasteiger partial charge in [-0.15, -0.1) is 0 Å². The van der Waals surface area contributed by atoms with Crippen molar-refractivity contribution in [2.75, 3.05) is 20.1 Å². The highest BCUT2D eigenvalue weighted by molar-refractivity contribution is 4.77. The molecule has 0 saturated heterocycles. The standard InChI is InChI=1S/C9H20N4/c1-5-9(2,3)13(4)8-6-7-11-12-10/h5-8H2,1-4H3. The van der Waals surface area contributed by atoms with Gasteiger partial charge in [0.2, 0.25) is 0 Å². The zero-order valence-corrected chi connectivity index (χ0v) is 9.12. The summed E-state index contributed by atoms with van der Waals surface area (Å²) in [6, 6.07) is 0. The molecule has 76 valence electrons. The van der Waals surface area contributed by atoms with Gasteiger partial charge < -0.3 is 4.90 Å². The van der Waals surface area contributed by atoms with Crippen molar-refractivity contribution in [1.82, 2.24) is 4.90 Å². The van der Waals surface area contributed by atoms with E-state index in [2.05, 4.69) is 42.7 Å².